The Balaban J connectivity index is 2.02. The van der Waals surface area contributed by atoms with Gasteiger partial charge in [-0.3, -0.25) is 4.99 Å². The molecule has 0 saturated carbocycles. The summed E-state index contributed by atoms with van der Waals surface area (Å²) in [6.45, 7) is 1.10. The monoisotopic (exact) mass is 189 g/mol. The second-order valence-electron chi connectivity index (χ2n) is 3.40. The van der Waals surface area contributed by atoms with Crippen LogP contribution in [0.2, 0.25) is 0 Å². The van der Waals surface area contributed by atoms with Crippen LogP contribution in [0, 0.1) is 0 Å². The molecule has 1 atom stereocenters. The van der Waals surface area contributed by atoms with Crippen LogP contribution in [-0.2, 0) is 0 Å². The number of para-hydroxylation sites is 1. The normalized spacial score (nSPS) is 21.5. The molecule has 1 aromatic carbocycles. The van der Waals surface area contributed by atoms with Crippen LogP contribution < -0.4 is 10.6 Å². The summed E-state index contributed by atoms with van der Waals surface area (Å²) in [5.74, 6) is 1.03. The Morgan fingerprint density at radius 3 is 2.64 bits per heavy atom. The number of hydrogen-bond donors (Lipinski definition) is 2. The van der Waals surface area contributed by atoms with E-state index in [4.69, 9.17) is 0 Å². The zero-order chi connectivity index (χ0) is 9.80. The fourth-order valence-corrected chi connectivity index (χ4v) is 1.49. The van der Waals surface area contributed by atoms with E-state index in [0.717, 1.165) is 18.1 Å². The molecule has 1 aromatic rings. The molecule has 74 valence electrons. The zero-order valence-electron chi connectivity index (χ0n) is 8.33. The van der Waals surface area contributed by atoms with Gasteiger partial charge in [0.05, 0.1) is 6.04 Å². The number of anilines is 1. The maximum atomic E-state index is 4.25. The van der Waals surface area contributed by atoms with Crippen molar-refractivity contribution in [2.24, 2.45) is 4.99 Å². The van der Waals surface area contributed by atoms with Crippen LogP contribution in [0.3, 0.4) is 0 Å². The van der Waals surface area contributed by atoms with Crippen molar-refractivity contribution in [3.05, 3.63) is 30.3 Å². The maximum Gasteiger partial charge on any atom is 0.118 e. The molecule has 0 amide bonds. The van der Waals surface area contributed by atoms with Crippen molar-refractivity contribution in [2.45, 2.75) is 12.5 Å². The first-order valence-corrected chi connectivity index (χ1v) is 4.92. The average molecular weight is 189 g/mol. The quantitative estimate of drug-likeness (QED) is 0.546. The minimum Gasteiger partial charge on any atom is -0.343 e. The number of nitrogens with zero attached hydrogens (tertiary/aromatic N) is 1. The van der Waals surface area contributed by atoms with Gasteiger partial charge in [0, 0.05) is 12.7 Å². The van der Waals surface area contributed by atoms with Crippen molar-refractivity contribution in [2.75, 3.05) is 18.9 Å². The summed E-state index contributed by atoms with van der Waals surface area (Å²) in [7, 11) is 1.82. The molecule has 1 heterocycles. The standard InChI is InChI=1S/C11H15N3/c1-12-11(10-7-8-13-10)14-9-5-3-2-4-6-9/h2-6,10,13H,7-8H2,1H3,(H,12,14). The molecule has 1 aliphatic rings. The van der Waals surface area contributed by atoms with E-state index in [9.17, 15) is 0 Å². The SMILES string of the molecule is CN=C(Nc1ccccc1)C1CCN1. The first kappa shape index (κ1) is 9.21. The number of rotatable bonds is 2. The molecule has 3 heteroatoms. The highest BCUT2D eigenvalue weighted by Gasteiger charge is 2.21. The van der Waals surface area contributed by atoms with E-state index in [0.29, 0.717) is 6.04 Å². The largest absolute Gasteiger partial charge is 0.343 e. The van der Waals surface area contributed by atoms with Crippen LogP contribution in [0.15, 0.2) is 35.3 Å². The van der Waals surface area contributed by atoms with Gasteiger partial charge in [-0.15, -0.1) is 0 Å². The fourth-order valence-electron chi connectivity index (χ4n) is 1.49. The molecule has 1 unspecified atom stereocenters. The lowest BCUT2D eigenvalue weighted by Gasteiger charge is -2.29. The van der Waals surface area contributed by atoms with Gasteiger partial charge in [-0.2, -0.15) is 0 Å². The third kappa shape index (κ3) is 1.93. The van der Waals surface area contributed by atoms with Gasteiger partial charge in [0.15, 0.2) is 0 Å². The van der Waals surface area contributed by atoms with E-state index < -0.39 is 0 Å². The lowest BCUT2D eigenvalue weighted by Crippen LogP contribution is -2.50. The molecule has 1 saturated heterocycles. The molecule has 0 aliphatic carbocycles. The molecule has 1 aliphatic heterocycles. The Hall–Kier alpha value is -1.35. The predicted molar refractivity (Wildman–Crippen MR) is 59.8 cm³/mol. The van der Waals surface area contributed by atoms with E-state index in [1.54, 1.807) is 0 Å². The van der Waals surface area contributed by atoms with Crippen LogP contribution in [0.25, 0.3) is 0 Å². The van der Waals surface area contributed by atoms with Crippen LogP contribution in [0.1, 0.15) is 6.42 Å². The molecule has 2 rings (SSSR count). The van der Waals surface area contributed by atoms with Crippen molar-refractivity contribution >= 4 is 11.5 Å². The zero-order valence-corrected chi connectivity index (χ0v) is 8.33. The van der Waals surface area contributed by atoms with Crippen LogP contribution >= 0.6 is 0 Å². The van der Waals surface area contributed by atoms with Gasteiger partial charge in [-0.25, -0.2) is 0 Å². The van der Waals surface area contributed by atoms with Crippen LogP contribution in [0.5, 0.6) is 0 Å². The lowest BCUT2D eigenvalue weighted by atomic mass is 10.1. The van der Waals surface area contributed by atoms with E-state index in [2.05, 4.69) is 15.6 Å². The molecule has 3 nitrogen and oxygen atoms in total. The first-order valence-electron chi connectivity index (χ1n) is 4.92. The van der Waals surface area contributed by atoms with E-state index in [1.807, 2.05) is 37.4 Å². The molecule has 2 N–H and O–H groups in total. The Kier molecular flexibility index (Phi) is 2.79. The average Bonchev–Trinajstić information content (AvgIpc) is 2.15. The highest BCUT2D eigenvalue weighted by Crippen LogP contribution is 2.10. The molecular weight excluding hydrogens is 174 g/mol. The van der Waals surface area contributed by atoms with Crippen LogP contribution in [0.4, 0.5) is 5.69 Å². The summed E-state index contributed by atoms with van der Waals surface area (Å²) in [6, 6.07) is 10.6. The van der Waals surface area contributed by atoms with Crippen molar-refractivity contribution in [1.82, 2.24) is 5.32 Å². The van der Waals surface area contributed by atoms with Gasteiger partial charge in [0.1, 0.15) is 5.84 Å². The summed E-state index contributed by atoms with van der Waals surface area (Å²) in [6.07, 6.45) is 1.17. The smallest absolute Gasteiger partial charge is 0.118 e. The van der Waals surface area contributed by atoms with Crippen molar-refractivity contribution in [3.8, 4) is 0 Å². The number of nitrogens with one attached hydrogen (secondary N) is 2. The van der Waals surface area contributed by atoms with Gasteiger partial charge in [0.2, 0.25) is 0 Å². The Morgan fingerprint density at radius 2 is 2.14 bits per heavy atom. The van der Waals surface area contributed by atoms with Gasteiger partial charge in [0.25, 0.3) is 0 Å². The summed E-state index contributed by atoms with van der Waals surface area (Å²) in [4.78, 5) is 4.25. The maximum absolute atomic E-state index is 4.25. The molecular formula is C11H15N3. The number of benzene rings is 1. The highest BCUT2D eigenvalue weighted by atomic mass is 15.1. The summed E-state index contributed by atoms with van der Waals surface area (Å²) in [5.41, 5.74) is 1.10. The Morgan fingerprint density at radius 1 is 1.43 bits per heavy atom. The third-order valence-corrected chi connectivity index (χ3v) is 2.44. The van der Waals surface area contributed by atoms with Crippen molar-refractivity contribution < 1.29 is 0 Å². The van der Waals surface area contributed by atoms with Gasteiger partial charge in [-0.1, -0.05) is 18.2 Å². The Labute approximate surface area is 84.2 Å². The van der Waals surface area contributed by atoms with E-state index >= 15 is 0 Å². The highest BCUT2D eigenvalue weighted by molar-refractivity contribution is 5.99. The van der Waals surface area contributed by atoms with Gasteiger partial charge >= 0.3 is 0 Å². The van der Waals surface area contributed by atoms with E-state index in [-0.39, 0.29) is 0 Å². The molecule has 1 fully saturated rings. The number of hydrogen-bond acceptors (Lipinski definition) is 2. The van der Waals surface area contributed by atoms with Crippen molar-refractivity contribution in [1.29, 1.82) is 0 Å². The molecule has 0 radical (unpaired) electrons. The molecule has 0 bridgehead atoms. The molecule has 0 spiro atoms. The topological polar surface area (TPSA) is 36.4 Å². The first-order chi connectivity index (χ1) is 6.90. The van der Waals surface area contributed by atoms with Gasteiger partial charge < -0.3 is 10.6 Å². The summed E-state index contributed by atoms with van der Waals surface area (Å²) < 4.78 is 0. The van der Waals surface area contributed by atoms with Crippen LogP contribution in [-0.4, -0.2) is 25.5 Å². The summed E-state index contributed by atoms with van der Waals surface area (Å²) in [5, 5.41) is 6.64. The minimum absolute atomic E-state index is 0.417. The minimum atomic E-state index is 0.417. The number of amidine groups is 1. The van der Waals surface area contributed by atoms with Gasteiger partial charge in [-0.05, 0) is 25.1 Å². The predicted octanol–water partition coefficient (Wildman–Crippen LogP) is 1.49. The molecule has 14 heavy (non-hydrogen) atoms. The lowest BCUT2D eigenvalue weighted by molar-refractivity contribution is 0.458. The van der Waals surface area contributed by atoms with E-state index in [1.165, 1.54) is 6.42 Å². The fraction of sp³-hybridized carbons (Fsp3) is 0.364. The number of aliphatic imine (C=N–C) groups is 1. The summed E-state index contributed by atoms with van der Waals surface area (Å²) >= 11 is 0. The van der Waals surface area contributed by atoms with Crippen molar-refractivity contribution in [3.63, 3.8) is 0 Å². The molecule has 0 aromatic heterocycles. The Bertz CT molecular complexity index is 315. The third-order valence-electron chi connectivity index (χ3n) is 2.44. The second kappa shape index (κ2) is 4.24. The second-order valence-corrected chi connectivity index (χ2v) is 3.40.